The number of hydrogen-bond donors (Lipinski definition) is 2. The second-order valence-corrected chi connectivity index (χ2v) is 3.64. The molecule has 0 spiro atoms. The molecule has 2 amide bonds. The molecule has 1 aliphatic heterocycles. The minimum Gasteiger partial charge on any atom is -0.468 e. The Morgan fingerprint density at radius 3 is 2.62 bits per heavy atom. The van der Waals surface area contributed by atoms with E-state index in [-0.39, 0.29) is 30.9 Å². The van der Waals surface area contributed by atoms with Gasteiger partial charge in [0, 0.05) is 6.54 Å². The first-order valence-corrected chi connectivity index (χ1v) is 5.01. The van der Waals surface area contributed by atoms with E-state index in [1.54, 1.807) is 23.3 Å². The number of imide groups is 1. The number of rotatable bonds is 3. The van der Waals surface area contributed by atoms with E-state index < -0.39 is 0 Å². The van der Waals surface area contributed by atoms with Crippen molar-refractivity contribution >= 4 is 11.8 Å². The van der Waals surface area contributed by atoms with Gasteiger partial charge in [0.2, 0.25) is 11.8 Å². The van der Waals surface area contributed by atoms with Crippen molar-refractivity contribution in [3.05, 3.63) is 24.2 Å². The molecule has 86 valence electrons. The van der Waals surface area contributed by atoms with Gasteiger partial charge in [-0.05, 0) is 12.1 Å². The zero-order valence-electron chi connectivity index (χ0n) is 8.68. The standard InChI is InChI=1S/C10H13N3O3/c11-4-7(8-2-1-3-16-8)13-5-9(14)12-10(15)6-13/h1-3,7H,4-6,11H2,(H,12,14,15). The maximum absolute atomic E-state index is 11.2. The lowest BCUT2D eigenvalue weighted by atomic mass is 10.1. The summed E-state index contributed by atoms with van der Waals surface area (Å²) in [4.78, 5) is 24.2. The number of amides is 2. The van der Waals surface area contributed by atoms with E-state index >= 15 is 0 Å². The first kappa shape index (κ1) is 10.8. The highest BCUT2D eigenvalue weighted by Crippen LogP contribution is 2.20. The first-order valence-electron chi connectivity index (χ1n) is 5.01. The van der Waals surface area contributed by atoms with Gasteiger partial charge in [0.25, 0.3) is 0 Å². The van der Waals surface area contributed by atoms with E-state index in [1.165, 1.54) is 0 Å². The molecule has 6 heteroatoms. The van der Waals surface area contributed by atoms with E-state index in [4.69, 9.17) is 10.2 Å². The van der Waals surface area contributed by atoms with Crippen LogP contribution in [0.4, 0.5) is 0 Å². The zero-order chi connectivity index (χ0) is 11.5. The average molecular weight is 223 g/mol. The number of furan rings is 1. The summed E-state index contributed by atoms with van der Waals surface area (Å²) in [5.74, 6) is 0.0625. The molecule has 16 heavy (non-hydrogen) atoms. The van der Waals surface area contributed by atoms with Crippen molar-refractivity contribution in [1.29, 1.82) is 0 Å². The third-order valence-electron chi connectivity index (χ3n) is 2.51. The Hall–Kier alpha value is -1.66. The van der Waals surface area contributed by atoms with Gasteiger partial charge < -0.3 is 10.2 Å². The molecule has 1 saturated heterocycles. The molecule has 1 unspecified atom stereocenters. The Kier molecular flexibility index (Phi) is 3.02. The van der Waals surface area contributed by atoms with Crippen LogP contribution < -0.4 is 11.1 Å². The van der Waals surface area contributed by atoms with Gasteiger partial charge in [-0.1, -0.05) is 0 Å². The van der Waals surface area contributed by atoms with Gasteiger partial charge in [0.15, 0.2) is 0 Å². The molecule has 0 saturated carbocycles. The van der Waals surface area contributed by atoms with E-state index in [2.05, 4.69) is 5.32 Å². The van der Waals surface area contributed by atoms with Crippen LogP contribution in [0.1, 0.15) is 11.8 Å². The number of nitrogens with one attached hydrogen (secondary N) is 1. The molecule has 6 nitrogen and oxygen atoms in total. The van der Waals surface area contributed by atoms with Crippen molar-refractivity contribution in [2.24, 2.45) is 5.73 Å². The van der Waals surface area contributed by atoms with Crippen LogP contribution in [-0.2, 0) is 9.59 Å². The number of nitrogens with zero attached hydrogens (tertiary/aromatic N) is 1. The average Bonchev–Trinajstić information content (AvgIpc) is 2.70. The maximum Gasteiger partial charge on any atom is 0.240 e. The van der Waals surface area contributed by atoms with Crippen LogP contribution in [0.2, 0.25) is 0 Å². The summed E-state index contributed by atoms with van der Waals surface area (Å²) < 4.78 is 5.25. The second kappa shape index (κ2) is 4.46. The third kappa shape index (κ3) is 2.12. The van der Waals surface area contributed by atoms with Gasteiger partial charge in [-0.3, -0.25) is 19.8 Å². The maximum atomic E-state index is 11.2. The highest BCUT2D eigenvalue weighted by molar-refractivity contribution is 5.99. The molecule has 3 N–H and O–H groups in total. The van der Waals surface area contributed by atoms with E-state index in [9.17, 15) is 9.59 Å². The van der Waals surface area contributed by atoms with Gasteiger partial charge in [-0.25, -0.2) is 0 Å². The summed E-state index contributed by atoms with van der Waals surface area (Å²) in [5.41, 5.74) is 5.64. The number of piperazine rings is 1. The summed E-state index contributed by atoms with van der Waals surface area (Å²) in [5, 5.41) is 2.24. The molecule has 0 aromatic carbocycles. The van der Waals surface area contributed by atoms with Gasteiger partial charge >= 0.3 is 0 Å². The molecular weight excluding hydrogens is 210 g/mol. The van der Waals surface area contributed by atoms with Gasteiger partial charge in [0.05, 0.1) is 25.4 Å². The predicted octanol–water partition coefficient (Wildman–Crippen LogP) is -0.762. The van der Waals surface area contributed by atoms with Gasteiger partial charge in [-0.15, -0.1) is 0 Å². The Bertz CT molecular complexity index is 372. The summed E-state index contributed by atoms with van der Waals surface area (Å²) in [6.07, 6.45) is 1.55. The summed E-state index contributed by atoms with van der Waals surface area (Å²) in [7, 11) is 0. The fourth-order valence-corrected chi connectivity index (χ4v) is 1.81. The second-order valence-electron chi connectivity index (χ2n) is 3.64. The largest absolute Gasteiger partial charge is 0.468 e. The fourth-order valence-electron chi connectivity index (χ4n) is 1.81. The summed E-state index contributed by atoms with van der Waals surface area (Å²) in [6, 6.07) is 3.31. The number of hydrogen-bond acceptors (Lipinski definition) is 5. The van der Waals surface area contributed by atoms with Crippen molar-refractivity contribution < 1.29 is 14.0 Å². The normalized spacial score (nSPS) is 19.6. The van der Waals surface area contributed by atoms with E-state index in [0.29, 0.717) is 12.3 Å². The molecule has 1 atom stereocenters. The lowest BCUT2D eigenvalue weighted by Crippen LogP contribution is -2.53. The van der Waals surface area contributed by atoms with Crippen molar-refractivity contribution in [1.82, 2.24) is 10.2 Å². The molecule has 0 bridgehead atoms. The lowest BCUT2D eigenvalue weighted by Gasteiger charge is -2.31. The highest BCUT2D eigenvalue weighted by Gasteiger charge is 2.29. The molecule has 1 aliphatic rings. The predicted molar refractivity (Wildman–Crippen MR) is 55.2 cm³/mol. The minimum atomic E-state index is -0.304. The summed E-state index contributed by atoms with van der Waals surface area (Å²) in [6.45, 7) is 0.622. The van der Waals surface area contributed by atoms with Crippen LogP contribution in [0.15, 0.2) is 22.8 Å². The quantitative estimate of drug-likeness (QED) is 0.657. The third-order valence-corrected chi connectivity index (χ3v) is 2.51. The molecule has 1 aromatic rings. The van der Waals surface area contributed by atoms with Crippen molar-refractivity contribution in [3.63, 3.8) is 0 Å². The molecule has 0 aliphatic carbocycles. The Morgan fingerprint density at radius 2 is 2.12 bits per heavy atom. The molecular formula is C10H13N3O3. The smallest absolute Gasteiger partial charge is 0.240 e. The summed E-state index contributed by atoms with van der Waals surface area (Å²) >= 11 is 0. The van der Waals surface area contributed by atoms with Crippen molar-refractivity contribution in [2.45, 2.75) is 6.04 Å². The Balaban J connectivity index is 2.15. The first-order chi connectivity index (χ1) is 7.70. The molecule has 2 heterocycles. The zero-order valence-corrected chi connectivity index (χ0v) is 8.68. The van der Waals surface area contributed by atoms with E-state index in [0.717, 1.165) is 0 Å². The Morgan fingerprint density at radius 1 is 1.44 bits per heavy atom. The van der Waals surface area contributed by atoms with Crippen LogP contribution >= 0.6 is 0 Å². The fraction of sp³-hybridized carbons (Fsp3) is 0.400. The van der Waals surface area contributed by atoms with Gasteiger partial charge in [-0.2, -0.15) is 0 Å². The van der Waals surface area contributed by atoms with Crippen LogP contribution in [-0.4, -0.2) is 36.3 Å². The van der Waals surface area contributed by atoms with Crippen LogP contribution in [0.5, 0.6) is 0 Å². The van der Waals surface area contributed by atoms with Crippen LogP contribution in [0.25, 0.3) is 0 Å². The number of carbonyl (C=O) groups excluding carboxylic acids is 2. The van der Waals surface area contributed by atoms with Gasteiger partial charge in [0.1, 0.15) is 5.76 Å². The molecule has 0 radical (unpaired) electrons. The molecule has 1 fully saturated rings. The lowest BCUT2D eigenvalue weighted by molar-refractivity contribution is -0.137. The number of nitrogens with two attached hydrogens (primary N) is 1. The highest BCUT2D eigenvalue weighted by atomic mass is 16.3. The minimum absolute atomic E-state index is 0.161. The SMILES string of the molecule is NCC(c1ccco1)N1CC(=O)NC(=O)C1. The number of carbonyl (C=O) groups is 2. The monoisotopic (exact) mass is 223 g/mol. The Labute approximate surface area is 92.4 Å². The van der Waals surface area contributed by atoms with Crippen LogP contribution in [0, 0.1) is 0 Å². The van der Waals surface area contributed by atoms with Crippen LogP contribution in [0.3, 0.4) is 0 Å². The van der Waals surface area contributed by atoms with Crippen molar-refractivity contribution in [3.8, 4) is 0 Å². The van der Waals surface area contributed by atoms with E-state index in [1.807, 2.05) is 0 Å². The molecule has 2 rings (SSSR count). The molecule has 1 aromatic heterocycles. The van der Waals surface area contributed by atoms with Crippen molar-refractivity contribution in [2.75, 3.05) is 19.6 Å². The topological polar surface area (TPSA) is 88.6 Å².